The van der Waals surface area contributed by atoms with Crippen LogP contribution in [0.5, 0.6) is 5.75 Å². The van der Waals surface area contributed by atoms with E-state index in [1.54, 1.807) is 0 Å². The lowest BCUT2D eigenvalue weighted by Crippen LogP contribution is -2.46. The number of hydrogen-bond donors (Lipinski definition) is 0. The maximum atomic E-state index is 11.8. The van der Waals surface area contributed by atoms with Gasteiger partial charge < -0.3 is 14.2 Å². The zero-order valence-corrected chi connectivity index (χ0v) is 21.1. The third-order valence-corrected chi connectivity index (χ3v) is 8.64. The van der Waals surface area contributed by atoms with Crippen LogP contribution in [0.25, 0.3) is 5.57 Å². The molecule has 0 bridgehead atoms. The highest BCUT2D eigenvalue weighted by atomic mass is 32.2. The van der Waals surface area contributed by atoms with E-state index in [-0.39, 0.29) is 11.5 Å². The third-order valence-electron chi connectivity index (χ3n) is 7.37. The average Bonchev–Trinajstić information content (AvgIpc) is 3.43. The second kappa shape index (κ2) is 8.64. The Morgan fingerprint density at radius 1 is 1.21 bits per heavy atom. The smallest absolute Gasteiger partial charge is 0.266 e. The van der Waals surface area contributed by atoms with Crippen LogP contribution in [0.4, 0.5) is 5.95 Å². The van der Waals surface area contributed by atoms with Gasteiger partial charge in [0.1, 0.15) is 11.4 Å². The van der Waals surface area contributed by atoms with Crippen molar-refractivity contribution in [2.45, 2.75) is 58.0 Å². The van der Waals surface area contributed by atoms with Gasteiger partial charge in [-0.05, 0) is 43.0 Å². The molecule has 10 heteroatoms. The minimum absolute atomic E-state index is 0.226. The van der Waals surface area contributed by atoms with Gasteiger partial charge in [-0.1, -0.05) is 19.9 Å². The summed E-state index contributed by atoms with van der Waals surface area (Å²) in [6.07, 6.45) is 8.60. The molecule has 184 valence electrons. The topological polar surface area (TPSA) is 102 Å². The van der Waals surface area contributed by atoms with E-state index in [1.807, 2.05) is 12.3 Å². The Morgan fingerprint density at radius 2 is 1.97 bits per heavy atom. The first-order valence-electron chi connectivity index (χ1n) is 12.0. The molecule has 1 unspecified atom stereocenters. The molecule has 0 N–H and O–H groups in total. The third kappa shape index (κ3) is 4.45. The van der Waals surface area contributed by atoms with Crippen LogP contribution in [-0.4, -0.2) is 65.9 Å². The first-order valence-corrected chi connectivity index (χ1v) is 13.9. The Morgan fingerprint density at radius 3 is 2.59 bits per heavy atom. The molecule has 1 fully saturated rings. The van der Waals surface area contributed by atoms with Crippen LogP contribution in [0.1, 0.15) is 63.1 Å². The number of ether oxygens (including phenoxy) is 1. The van der Waals surface area contributed by atoms with Crippen LogP contribution in [0, 0.1) is 5.92 Å². The van der Waals surface area contributed by atoms with Gasteiger partial charge in [-0.2, -0.15) is 9.29 Å². The Labute approximate surface area is 201 Å². The largest absolute Gasteiger partial charge is 0.485 e. The zero-order chi connectivity index (χ0) is 24.1. The lowest BCUT2D eigenvalue weighted by molar-refractivity contribution is 0.0347. The summed E-state index contributed by atoms with van der Waals surface area (Å²) in [5.41, 5.74) is 2.95. The number of piperidine rings is 1. The molecule has 0 spiro atoms. The molecule has 5 heterocycles. The monoisotopic (exact) mass is 487 g/mol. The molecule has 0 aromatic carbocycles. The Hall–Kier alpha value is -2.46. The maximum absolute atomic E-state index is 11.8. The number of rotatable bonds is 5. The molecule has 2 aromatic rings. The fraction of sp³-hybridized carbons (Fsp3) is 0.625. The SMILES string of the molecule is CC(C)c1nc(N2CCC(C3(C)Cc4cc(C5=CCN(S(C)(=O)=O)CC5)ncc4O3)CC2)no1. The van der Waals surface area contributed by atoms with Gasteiger partial charge in [0.2, 0.25) is 15.9 Å². The van der Waals surface area contributed by atoms with Crippen molar-refractivity contribution in [1.82, 2.24) is 19.4 Å². The highest BCUT2D eigenvalue weighted by Gasteiger charge is 2.44. The minimum Gasteiger partial charge on any atom is -0.485 e. The molecule has 1 saturated heterocycles. The van der Waals surface area contributed by atoms with Crippen molar-refractivity contribution in [1.29, 1.82) is 0 Å². The first kappa shape index (κ1) is 23.3. The lowest BCUT2D eigenvalue weighted by Gasteiger charge is -2.39. The number of anilines is 1. The van der Waals surface area contributed by atoms with Gasteiger partial charge >= 0.3 is 0 Å². The van der Waals surface area contributed by atoms with Crippen molar-refractivity contribution in [2.24, 2.45) is 5.92 Å². The van der Waals surface area contributed by atoms with Gasteiger partial charge in [0.25, 0.3) is 5.95 Å². The van der Waals surface area contributed by atoms with Gasteiger partial charge in [0, 0.05) is 50.0 Å². The molecule has 0 amide bonds. The van der Waals surface area contributed by atoms with E-state index < -0.39 is 10.0 Å². The van der Waals surface area contributed by atoms with E-state index >= 15 is 0 Å². The summed E-state index contributed by atoms with van der Waals surface area (Å²) in [7, 11) is -3.16. The summed E-state index contributed by atoms with van der Waals surface area (Å²) in [5, 5.41) is 4.16. The van der Waals surface area contributed by atoms with Gasteiger partial charge in [-0.3, -0.25) is 4.98 Å². The van der Waals surface area contributed by atoms with E-state index in [4.69, 9.17) is 9.26 Å². The molecule has 3 aliphatic heterocycles. The second-order valence-corrected chi connectivity index (χ2v) is 12.2. The summed E-state index contributed by atoms with van der Waals surface area (Å²) in [6, 6.07) is 2.13. The Balaban J connectivity index is 1.24. The number of sulfonamides is 1. The van der Waals surface area contributed by atoms with Gasteiger partial charge in [-0.15, -0.1) is 0 Å². The zero-order valence-electron chi connectivity index (χ0n) is 20.3. The molecule has 5 rings (SSSR count). The quantitative estimate of drug-likeness (QED) is 0.633. The van der Waals surface area contributed by atoms with Crippen molar-refractivity contribution in [3.8, 4) is 5.75 Å². The van der Waals surface area contributed by atoms with Crippen molar-refractivity contribution < 1.29 is 17.7 Å². The van der Waals surface area contributed by atoms with E-state index in [0.717, 1.165) is 49.4 Å². The Bertz CT molecular complexity index is 1200. The van der Waals surface area contributed by atoms with E-state index in [0.29, 0.717) is 37.3 Å². The molecular weight excluding hydrogens is 454 g/mol. The molecule has 0 aliphatic carbocycles. The normalized spacial score (nSPS) is 24.3. The molecule has 0 radical (unpaired) electrons. The molecule has 34 heavy (non-hydrogen) atoms. The minimum atomic E-state index is -3.16. The molecule has 2 aromatic heterocycles. The number of nitrogens with zero attached hydrogens (tertiary/aromatic N) is 5. The van der Waals surface area contributed by atoms with Crippen molar-refractivity contribution in [2.75, 3.05) is 37.3 Å². The lowest BCUT2D eigenvalue weighted by atomic mass is 9.79. The van der Waals surface area contributed by atoms with E-state index in [9.17, 15) is 8.42 Å². The van der Waals surface area contributed by atoms with Gasteiger partial charge in [0.15, 0.2) is 0 Å². The van der Waals surface area contributed by atoms with Gasteiger partial charge in [0.05, 0.1) is 18.1 Å². The van der Waals surface area contributed by atoms with Gasteiger partial charge in [-0.25, -0.2) is 8.42 Å². The predicted molar refractivity (Wildman–Crippen MR) is 129 cm³/mol. The van der Waals surface area contributed by atoms with Crippen LogP contribution in [0.2, 0.25) is 0 Å². The number of fused-ring (bicyclic) bond motifs is 1. The molecule has 3 aliphatic rings. The van der Waals surface area contributed by atoms with Crippen LogP contribution in [0.15, 0.2) is 22.9 Å². The summed E-state index contributed by atoms with van der Waals surface area (Å²) >= 11 is 0. The van der Waals surface area contributed by atoms with E-state index in [2.05, 4.69) is 46.9 Å². The van der Waals surface area contributed by atoms with E-state index in [1.165, 1.54) is 16.1 Å². The molecule has 1 atom stereocenters. The van der Waals surface area contributed by atoms with Crippen LogP contribution >= 0.6 is 0 Å². The molecular formula is C24H33N5O4S. The summed E-state index contributed by atoms with van der Waals surface area (Å²) < 4.78 is 36.9. The first-order chi connectivity index (χ1) is 16.1. The highest BCUT2D eigenvalue weighted by Crippen LogP contribution is 2.43. The number of pyridine rings is 1. The van der Waals surface area contributed by atoms with Crippen molar-refractivity contribution in [3.05, 3.63) is 35.5 Å². The predicted octanol–water partition coefficient (Wildman–Crippen LogP) is 3.25. The number of hydrogen-bond acceptors (Lipinski definition) is 8. The maximum Gasteiger partial charge on any atom is 0.266 e. The summed E-state index contributed by atoms with van der Waals surface area (Å²) in [5.74, 6) is 2.88. The highest BCUT2D eigenvalue weighted by molar-refractivity contribution is 7.88. The van der Waals surface area contributed by atoms with Crippen molar-refractivity contribution >= 4 is 21.5 Å². The molecule has 9 nitrogen and oxygen atoms in total. The number of aromatic nitrogens is 3. The fourth-order valence-corrected chi connectivity index (χ4v) is 6.02. The summed E-state index contributed by atoms with van der Waals surface area (Å²) in [6.45, 7) is 8.97. The standard InChI is InChI=1S/C24H33N5O4S/c1-16(2)22-26-23(27-33-22)28-9-7-19(8-10-28)24(3)14-18-13-20(25-15-21(18)32-24)17-5-11-29(12-6-17)34(4,30)31/h5,13,15-16,19H,6-12,14H2,1-4H3. The molecule has 0 saturated carbocycles. The van der Waals surface area contributed by atoms with Crippen LogP contribution in [0.3, 0.4) is 0 Å². The Kier molecular flexibility index (Phi) is 5.92. The van der Waals surface area contributed by atoms with Crippen LogP contribution < -0.4 is 9.64 Å². The van der Waals surface area contributed by atoms with Crippen LogP contribution in [-0.2, 0) is 16.4 Å². The summed E-state index contributed by atoms with van der Waals surface area (Å²) in [4.78, 5) is 11.4. The fourth-order valence-electron chi connectivity index (χ4n) is 5.25. The second-order valence-electron chi connectivity index (χ2n) is 10.2. The average molecular weight is 488 g/mol. The van der Waals surface area contributed by atoms with Crippen molar-refractivity contribution in [3.63, 3.8) is 0 Å².